The van der Waals surface area contributed by atoms with Crippen molar-refractivity contribution < 1.29 is 5.11 Å². The number of nitrogens with zero attached hydrogens (tertiary/aromatic N) is 2. The maximum Gasteiger partial charge on any atom is 0.136 e. The lowest BCUT2D eigenvalue weighted by Crippen LogP contribution is -2.27. The minimum absolute atomic E-state index is 0. The van der Waals surface area contributed by atoms with Crippen LogP contribution in [0.5, 0.6) is 0 Å². The van der Waals surface area contributed by atoms with Crippen LogP contribution in [0.25, 0.3) is 5.69 Å². The molecule has 1 heterocycles. The third kappa shape index (κ3) is 3.52. The first-order valence-corrected chi connectivity index (χ1v) is 6.58. The van der Waals surface area contributed by atoms with Crippen LogP contribution in [0.1, 0.15) is 16.8 Å². The number of nitrogens with two attached hydrogens (primary N) is 1. The summed E-state index contributed by atoms with van der Waals surface area (Å²) in [6.07, 6.45) is 0.521. The van der Waals surface area contributed by atoms with Crippen LogP contribution in [-0.2, 0) is 6.42 Å². The Kier molecular flexibility index (Phi) is 6.02. The SMILES string of the molecule is Cc1ccc(-n2nc(C)c(CC(N)CO)c2Cl)cc1.Cl. The molecule has 1 atom stereocenters. The number of aromatic nitrogens is 2. The molecule has 4 nitrogen and oxygen atoms in total. The molecule has 0 amide bonds. The van der Waals surface area contributed by atoms with Gasteiger partial charge in [0, 0.05) is 11.6 Å². The molecule has 0 fully saturated rings. The van der Waals surface area contributed by atoms with Crippen molar-refractivity contribution in [2.24, 2.45) is 5.73 Å². The molecule has 0 radical (unpaired) electrons. The Labute approximate surface area is 130 Å². The summed E-state index contributed by atoms with van der Waals surface area (Å²) in [7, 11) is 0. The zero-order chi connectivity index (χ0) is 14.0. The zero-order valence-electron chi connectivity index (χ0n) is 11.5. The number of rotatable bonds is 4. The van der Waals surface area contributed by atoms with Crippen molar-refractivity contribution in [3.05, 3.63) is 46.2 Å². The summed E-state index contributed by atoms with van der Waals surface area (Å²) in [5.41, 5.74) is 9.60. The second-order valence-electron chi connectivity index (χ2n) is 4.75. The van der Waals surface area contributed by atoms with Gasteiger partial charge in [-0.2, -0.15) is 5.10 Å². The molecular formula is C14H19Cl2N3O. The van der Waals surface area contributed by atoms with Crippen LogP contribution in [0.4, 0.5) is 0 Å². The minimum atomic E-state index is -0.313. The molecule has 0 spiro atoms. The lowest BCUT2D eigenvalue weighted by molar-refractivity contribution is 0.265. The number of benzene rings is 1. The van der Waals surface area contributed by atoms with Gasteiger partial charge in [-0.05, 0) is 32.4 Å². The summed E-state index contributed by atoms with van der Waals surface area (Å²) < 4.78 is 1.70. The van der Waals surface area contributed by atoms with E-state index >= 15 is 0 Å². The van der Waals surface area contributed by atoms with Gasteiger partial charge in [0.2, 0.25) is 0 Å². The van der Waals surface area contributed by atoms with E-state index in [4.69, 9.17) is 22.4 Å². The van der Waals surface area contributed by atoms with Gasteiger partial charge >= 0.3 is 0 Å². The van der Waals surface area contributed by atoms with Crippen LogP contribution in [0.15, 0.2) is 24.3 Å². The molecule has 6 heteroatoms. The summed E-state index contributed by atoms with van der Waals surface area (Å²) in [5.74, 6) is 0. The van der Waals surface area contributed by atoms with Gasteiger partial charge in [-0.15, -0.1) is 12.4 Å². The number of aliphatic hydroxyl groups is 1. The maximum atomic E-state index is 9.04. The number of aryl methyl sites for hydroxylation is 2. The molecule has 0 aliphatic rings. The molecule has 0 aliphatic carbocycles. The van der Waals surface area contributed by atoms with Gasteiger partial charge in [-0.3, -0.25) is 0 Å². The predicted molar refractivity (Wildman–Crippen MR) is 84.1 cm³/mol. The highest BCUT2D eigenvalue weighted by Crippen LogP contribution is 2.24. The molecule has 0 bridgehead atoms. The molecule has 1 unspecified atom stereocenters. The van der Waals surface area contributed by atoms with Gasteiger partial charge in [0.15, 0.2) is 0 Å². The van der Waals surface area contributed by atoms with E-state index in [-0.39, 0.29) is 25.1 Å². The normalized spacial score (nSPS) is 12.1. The van der Waals surface area contributed by atoms with E-state index in [1.165, 1.54) is 5.56 Å². The third-order valence-corrected chi connectivity index (χ3v) is 3.49. The molecule has 2 aromatic rings. The van der Waals surface area contributed by atoms with E-state index in [9.17, 15) is 0 Å². The lowest BCUT2D eigenvalue weighted by Gasteiger charge is -2.08. The average molecular weight is 316 g/mol. The van der Waals surface area contributed by atoms with Crippen molar-refractivity contribution in [2.75, 3.05) is 6.61 Å². The van der Waals surface area contributed by atoms with E-state index in [1.807, 2.05) is 38.1 Å². The van der Waals surface area contributed by atoms with Crippen LogP contribution in [-0.4, -0.2) is 27.5 Å². The first-order valence-electron chi connectivity index (χ1n) is 6.20. The predicted octanol–water partition coefficient (Wildman–Crippen LogP) is 2.43. The highest BCUT2D eigenvalue weighted by molar-refractivity contribution is 6.30. The largest absolute Gasteiger partial charge is 0.395 e. The molecule has 2 rings (SSSR count). The molecule has 0 saturated heterocycles. The van der Waals surface area contributed by atoms with E-state index < -0.39 is 0 Å². The molecular weight excluding hydrogens is 297 g/mol. The average Bonchev–Trinajstić information content (AvgIpc) is 2.67. The highest BCUT2D eigenvalue weighted by atomic mass is 35.5. The second kappa shape index (κ2) is 7.09. The molecule has 0 aliphatic heterocycles. The third-order valence-electron chi connectivity index (χ3n) is 3.10. The van der Waals surface area contributed by atoms with Crippen molar-refractivity contribution in [1.82, 2.24) is 9.78 Å². The lowest BCUT2D eigenvalue weighted by atomic mass is 10.1. The fraction of sp³-hybridized carbons (Fsp3) is 0.357. The van der Waals surface area contributed by atoms with Gasteiger partial charge in [0.25, 0.3) is 0 Å². The smallest absolute Gasteiger partial charge is 0.136 e. The van der Waals surface area contributed by atoms with Gasteiger partial charge in [-0.1, -0.05) is 29.3 Å². The topological polar surface area (TPSA) is 64.1 Å². The summed E-state index contributed by atoms with van der Waals surface area (Å²) in [6, 6.07) is 7.67. The standard InChI is InChI=1S/C14H18ClN3O.ClH/c1-9-3-5-12(6-4-9)18-14(15)13(10(2)17-18)7-11(16)8-19;/h3-6,11,19H,7-8,16H2,1-2H3;1H. The van der Waals surface area contributed by atoms with Gasteiger partial charge in [0.1, 0.15) is 5.15 Å². The summed E-state index contributed by atoms with van der Waals surface area (Å²) >= 11 is 6.37. The zero-order valence-corrected chi connectivity index (χ0v) is 13.1. The van der Waals surface area contributed by atoms with Gasteiger partial charge < -0.3 is 10.8 Å². The van der Waals surface area contributed by atoms with Crippen LogP contribution in [0.2, 0.25) is 5.15 Å². The molecule has 110 valence electrons. The van der Waals surface area contributed by atoms with E-state index in [2.05, 4.69) is 5.10 Å². The Bertz CT molecular complexity index is 567. The van der Waals surface area contributed by atoms with Crippen LogP contribution in [0, 0.1) is 13.8 Å². The molecule has 20 heavy (non-hydrogen) atoms. The van der Waals surface area contributed by atoms with E-state index in [0.29, 0.717) is 11.6 Å². The maximum absolute atomic E-state index is 9.04. The Morgan fingerprint density at radius 3 is 2.45 bits per heavy atom. The number of aliphatic hydroxyl groups excluding tert-OH is 1. The fourth-order valence-electron chi connectivity index (χ4n) is 1.95. The van der Waals surface area contributed by atoms with E-state index in [1.54, 1.807) is 4.68 Å². The first-order chi connectivity index (χ1) is 9.02. The van der Waals surface area contributed by atoms with Gasteiger partial charge in [-0.25, -0.2) is 4.68 Å². The number of hydrogen-bond acceptors (Lipinski definition) is 3. The van der Waals surface area contributed by atoms with Crippen molar-refractivity contribution >= 4 is 24.0 Å². The van der Waals surface area contributed by atoms with Crippen LogP contribution in [0.3, 0.4) is 0 Å². The van der Waals surface area contributed by atoms with E-state index in [0.717, 1.165) is 16.9 Å². The monoisotopic (exact) mass is 315 g/mol. The van der Waals surface area contributed by atoms with Crippen molar-refractivity contribution in [3.63, 3.8) is 0 Å². The molecule has 1 aromatic heterocycles. The quantitative estimate of drug-likeness (QED) is 0.910. The summed E-state index contributed by atoms with van der Waals surface area (Å²) in [4.78, 5) is 0. The van der Waals surface area contributed by atoms with Crippen molar-refractivity contribution in [3.8, 4) is 5.69 Å². The first kappa shape index (κ1) is 17.0. The number of hydrogen-bond donors (Lipinski definition) is 2. The van der Waals surface area contributed by atoms with Gasteiger partial charge in [0.05, 0.1) is 18.0 Å². The van der Waals surface area contributed by atoms with Crippen molar-refractivity contribution in [2.45, 2.75) is 26.3 Å². The summed E-state index contributed by atoms with van der Waals surface area (Å²) in [5, 5.41) is 14.0. The Morgan fingerprint density at radius 1 is 1.30 bits per heavy atom. The molecule has 3 N–H and O–H groups in total. The van der Waals surface area contributed by atoms with Crippen LogP contribution < -0.4 is 5.73 Å². The Hall–Kier alpha value is -1.07. The second-order valence-corrected chi connectivity index (χ2v) is 5.11. The minimum Gasteiger partial charge on any atom is -0.395 e. The highest BCUT2D eigenvalue weighted by Gasteiger charge is 2.16. The number of halogens is 2. The van der Waals surface area contributed by atoms with Crippen molar-refractivity contribution in [1.29, 1.82) is 0 Å². The molecule has 1 aromatic carbocycles. The van der Waals surface area contributed by atoms with Crippen LogP contribution >= 0.6 is 24.0 Å². The summed E-state index contributed by atoms with van der Waals surface area (Å²) in [6.45, 7) is 3.87. The fourth-order valence-corrected chi connectivity index (χ4v) is 2.30. The Morgan fingerprint density at radius 2 is 1.90 bits per heavy atom. The molecule has 0 saturated carbocycles. The Balaban J connectivity index is 0.00000200.